The van der Waals surface area contributed by atoms with Gasteiger partial charge in [0.2, 0.25) is 0 Å². The lowest BCUT2D eigenvalue weighted by molar-refractivity contribution is -0.145. The minimum Gasteiger partial charge on any atom is -0.480 e. The van der Waals surface area contributed by atoms with Crippen LogP contribution in [-0.4, -0.2) is 11.1 Å². The summed E-state index contributed by atoms with van der Waals surface area (Å²) in [7, 11) is 0. The van der Waals surface area contributed by atoms with E-state index >= 15 is 0 Å². The van der Waals surface area contributed by atoms with Gasteiger partial charge in [-0.25, -0.2) is 9.18 Å². The van der Waals surface area contributed by atoms with Gasteiger partial charge in [0.15, 0.2) is 0 Å². The van der Waals surface area contributed by atoms with Crippen LogP contribution in [0, 0.1) is 23.6 Å². The van der Waals surface area contributed by atoms with Crippen LogP contribution in [0.15, 0.2) is 18.2 Å². The number of halogens is 1. The van der Waals surface area contributed by atoms with Gasteiger partial charge in [0, 0.05) is 0 Å². The van der Waals surface area contributed by atoms with Gasteiger partial charge in [0.05, 0.1) is 5.56 Å². The molecule has 0 amide bonds. The molecule has 1 atom stereocenters. The molecule has 1 aromatic rings. The Morgan fingerprint density at radius 1 is 1.47 bits per heavy atom. The average Bonchev–Trinajstić information content (AvgIpc) is 2.26. The van der Waals surface area contributed by atoms with E-state index in [1.165, 1.54) is 12.1 Å². The molecule has 1 aromatic carbocycles. The smallest absolute Gasteiger partial charge is 0.328 e. The van der Waals surface area contributed by atoms with Gasteiger partial charge in [-0.15, -0.1) is 6.42 Å². The maximum atomic E-state index is 13.7. The lowest BCUT2D eigenvalue weighted by Gasteiger charge is -2.32. The Kier molecular flexibility index (Phi) is 4.02. The molecule has 1 rings (SSSR count). The third-order valence-electron chi connectivity index (χ3n) is 2.83. The van der Waals surface area contributed by atoms with Gasteiger partial charge in [-0.1, -0.05) is 32.8 Å². The molecule has 0 aliphatic heterocycles. The van der Waals surface area contributed by atoms with Crippen LogP contribution in [0.5, 0.6) is 0 Å². The Morgan fingerprint density at radius 3 is 2.42 bits per heavy atom. The molecule has 0 spiro atoms. The summed E-state index contributed by atoms with van der Waals surface area (Å²) in [6, 6.07) is 3.95. The highest BCUT2D eigenvalue weighted by Gasteiger charge is 2.40. The molecule has 3 nitrogen and oxygen atoms in total. The Bertz CT molecular complexity index is 540. The first-order valence-corrected chi connectivity index (χ1v) is 5.89. The van der Waals surface area contributed by atoms with Gasteiger partial charge in [-0.2, -0.15) is 0 Å². The molecule has 4 heteroatoms. The van der Waals surface area contributed by atoms with Gasteiger partial charge in [0.25, 0.3) is 0 Å². The van der Waals surface area contributed by atoms with Gasteiger partial charge in [-0.05, 0) is 29.5 Å². The molecule has 1 unspecified atom stereocenters. The third-order valence-corrected chi connectivity index (χ3v) is 2.83. The quantitative estimate of drug-likeness (QED) is 0.823. The summed E-state index contributed by atoms with van der Waals surface area (Å²) in [6.45, 7) is 5.64. The van der Waals surface area contributed by atoms with Crippen LogP contribution in [-0.2, 0) is 10.3 Å². The SMILES string of the molecule is C#Cc1ccc(C(N)(CC(C)(C)C)C(=O)O)cc1F. The first-order chi connectivity index (χ1) is 8.60. The van der Waals surface area contributed by atoms with Crippen molar-refractivity contribution in [2.75, 3.05) is 0 Å². The lowest BCUT2D eigenvalue weighted by atomic mass is 9.76. The van der Waals surface area contributed by atoms with Crippen molar-refractivity contribution in [2.45, 2.75) is 32.7 Å². The molecule has 0 radical (unpaired) electrons. The highest BCUT2D eigenvalue weighted by Crippen LogP contribution is 2.33. The van der Waals surface area contributed by atoms with Crippen LogP contribution in [0.4, 0.5) is 4.39 Å². The van der Waals surface area contributed by atoms with E-state index in [0.29, 0.717) is 0 Å². The number of aliphatic carboxylic acids is 1. The Labute approximate surface area is 112 Å². The predicted octanol–water partition coefficient (Wildman–Crippen LogP) is 2.48. The first-order valence-electron chi connectivity index (χ1n) is 5.89. The summed E-state index contributed by atoms with van der Waals surface area (Å²) in [6.07, 6.45) is 5.32. The van der Waals surface area contributed by atoms with Crippen LogP contribution in [0.1, 0.15) is 38.3 Å². The summed E-state index contributed by atoms with van der Waals surface area (Å²) >= 11 is 0. The number of carboxylic acids is 1. The van der Waals surface area contributed by atoms with Gasteiger partial charge in [-0.3, -0.25) is 0 Å². The summed E-state index contributed by atoms with van der Waals surface area (Å²) < 4.78 is 13.7. The fourth-order valence-electron chi connectivity index (χ4n) is 2.05. The van der Waals surface area contributed by atoms with E-state index in [1.54, 1.807) is 0 Å². The van der Waals surface area contributed by atoms with E-state index in [2.05, 4.69) is 5.92 Å². The first kappa shape index (κ1) is 15.2. The summed E-state index contributed by atoms with van der Waals surface area (Å²) in [5.74, 6) is 0.369. The molecule has 19 heavy (non-hydrogen) atoms. The van der Waals surface area contributed by atoms with E-state index in [0.717, 1.165) is 6.07 Å². The highest BCUT2D eigenvalue weighted by molar-refractivity contribution is 5.80. The summed E-state index contributed by atoms with van der Waals surface area (Å²) in [4.78, 5) is 11.5. The second-order valence-electron chi connectivity index (χ2n) is 5.85. The second kappa shape index (κ2) is 5.02. The van der Waals surface area contributed by atoms with Crippen LogP contribution in [0.2, 0.25) is 0 Å². The van der Waals surface area contributed by atoms with Crippen molar-refractivity contribution in [1.29, 1.82) is 0 Å². The molecule has 102 valence electrons. The van der Waals surface area contributed by atoms with Crippen LogP contribution >= 0.6 is 0 Å². The van der Waals surface area contributed by atoms with E-state index in [4.69, 9.17) is 12.2 Å². The molecule has 0 heterocycles. The van der Waals surface area contributed by atoms with Gasteiger partial charge < -0.3 is 10.8 Å². The van der Waals surface area contributed by atoms with Gasteiger partial charge >= 0.3 is 5.97 Å². The van der Waals surface area contributed by atoms with Crippen molar-refractivity contribution in [3.63, 3.8) is 0 Å². The Hall–Kier alpha value is -1.86. The highest BCUT2D eigenvalue weighted by atomic mass is 19.1. The summed E-state index contributed by atoms with van der Waals surface area (Å²) in [5.41, 5.74) is 4.35. The van der Waals surface area contributed by atoms with Crippen LogP contribution in [0.3, 0.4) is 0 Å². The number of benzene rings is 1. The molecule has 0 bridgehead atoms. The molecule has 0 aliphatic carbocycles. The molecule has 0 aliphatic rings. The van der Waals surface area contributed by atoms with E-state index in [1.807, 2.05) is 20.8 Å². The summed E-state index contributed by atoms with van der Waals surface area (Å²) in [5, 5.41) is 9.38. The number of carboxylic acid groups (broad SMARTS) is 1. The Morgan fingerprint density at radius 2 is 2.05 bits per heavy atom. The number of hydrogen-bond donors (Lipinski definition) is 2. The molecule has 0 saturated heterocycles. The zero-order valence-electron chi connectivity index (χ0n) is 11.3. The topological polar surface area (TPSA) is 63.3 Å². The van der Waals surface area contributed by atoms with Crippen molar-refractivity contribution < 1.29 is 14.3 Å². The number of nitrogens with two attached hydrogens (primary N) is 1. The molecule has 3 N–H and O–H groups in total. The van der Waals surface area contributed by atoms with Crippen molar-refractivity contribution in [2.24, 2.45) is 11.1 Å². The Balaban J connectivity index is 3.32. The number of rotatable bonds is 3. The molecule has 0 saturated carbocycles. The average molecular weight is 263 g/mol. The predicted molar refractivity (Wildman–Crippen MR) is 71.9 cm³/mol. The van der Waals surface area contributed by atoms with Crippen molar-refractivity contribution >= 4 is 5.97 Å². The monoisotopic (exact) mass is 263 g/mol. The largest absolute Gasteiger partial charge is 0.480 e. The second-order valence-corrected chi connectivity index (χ2v) is 5.85. The van der Waals surface area contributed by atoms with Crippen molar-refractivity contribution in [1.82, 2.24) is 0 Å². The fraction of sp³-hybridized carbons (Fsp3) is 0.400. The fourth-order valence-corrected chi connectivity index (χ4v) is 2.05. The maximum Gasteiger partial charge on any atom is 0.328 e. The molecular formula is C15H18FNO2. The third kappa shape index (κ3) is 3.33. The van der Waals surface area contributed by atoms with E-state index in [-0.39, 0.29) is 23.0 Å². The normalized spacial score (nSPS) is 14.5. The maximum absolute atomic E-state index is 13.7. The number of hydrogen-bond acceptors (Lipinski definition) is 2. The number of carbonyl (C=O) groups is 1. The van der Waals surface area contributed by atoms with Crippen molar-refractivity contribution in [3.8, 4) is 12.3 Å². The van der Waals surface area contributed by atoms with E-state index in [9.17, 15) is 14.3 Å². The molecule has 0 aromatic heterocycles. The molecular weight excluding hydrogens is 245 g/mol. The lowest BCUT2D eigenvalue weighted by Crippen LogP contribution is -2.47. The minimum atomic E-state index is -1.63. The zero-order chi connectivity index (χ0) is 14.8. The van der Waals surface area contributed by atoms with Gasteiger partial charge in [0.1, 0.15) is 11.4 Å². The van der Waals surface area contributed by atoms with Crippen LogP contribution in [0.25, 0.3) is 0 Å². The van der Waals surface area contributed by atoms with Crippen LogP contribution < -0.4 is 5.73 Å². The van der Waals surface area contributed by atoms with Crippen molar-refractivity contribution in [3.05, 3.63) is 35.1 Å². The van der Waals surface area contributed by atoms with E-state index < -0.39 is 17.3 Å². The zero-order valence-corrected chi connectivity index (χ0v) is 11.3. The number of terminal acetylenes is 1. The standard InChI is InChI=1S/C15H18FNO2/c1-5-10-6-7-11(8-12(10)16)15(17,13(18)19)9-14(2,3)4/h1,6-8H,9,17H2,2-4H3,(H,18,19). The minimum absolute atomic E-state index is 0.0900. The molecule has 0 fully saturated rings.